The number of amides is 1. The number of carbonyl (C=O) groups excluding carboxylic acids is 1. The van der Waals surface area contributed by atoms with Crippen molar-refractivity contribution < 1.29 is 10.6 Å². The lowest BCUT2D eigenvalue weighted by atomic mass is 10.00. The summed E-state index contributed by atoms with van der Waals surface area (Å²) in [6.07, 6.45) is 6.63. The maximum Gasteiger partial charge on any atom is 0.244 e. The predicted octanol–water partition coefficient (Wildman–Crippen LogP) is 5.25. The average molecular weight is 323 g/mol. The van der Waals surface area contributed by atoms with Gasteiger partial charge in [-0.25, -0.2) is 4.39 Å². The van der Waals surface area contributed by atoms with Crippen LogP contribution >= 0.6 is 0 Å². The summed E-state index contributed by atoms with van der Waals surface area (Å²) in [4.78, 5) is 12.0. The molecule has 1 atom stereocenters. The zero-order chi connectivity index (χ0) is 17.5. The lowest BCUT2D eigenvalue weighted by Gasteiger charge is -2.14. The highest BCUT2D eigenvalue weighted by molar-refractivity contribution is 5.92. The fourth-order valence-corrected chi connectivity index (χ4v) is 2.32. The van der Waals surface area contributed by atoms with Crippen LogP contribution in [0.3, 0.4) is 0 Å². The van der Waals surface area contributed by atoms with E-state index in [1.165, 1.54) is 18.2 Å². The van der Waals surface area contributed by atoms with E-state index < -0.39 is 0 Å². The first kappa shape index (κ1) is 17.4. The molecule has 0 aliphatic carbocycles. The maximum absolute atomic E-state index is 12.8. The van der Waals surface area contributed by atoms with Crippen molar-refractivity contribution in [3.8, 4) is 0 Å². The Morgan fingerprint density at radius 1 is 1.12 bits per heavy atom. The first-order valence-corrected chi connectivity index (χ1v) is 7.66. The predicted molar refractivity (Wildman–Crippen MR) is 101 cm³/mol. The fourth-order valence-electron chi connectivity index (χ4n) is 2.32. The molecule has 0 unspecified atom stereocenters. The minimum atomic E-state index is -0.300. The summed E-state index contributed by atoms with van der Waals surface area (Å²) in [6.45, 7) is 9.48. The van der Waals surface area contributed by atoms with Gasteiger partial charge in [0.2, 0.25) is 5.91 Å². The van der Waals surface area contributed by atoms with Gasteiger partial charge in [-0.3, -0.25) is 4.79 Å². The molecule has 0 aliphatic heterocycles. The lowest BCUT2D eigenvalue weighted by Crippen LogP contribution is -2.24. The minimum Gasteiger partial charge on any atom is -0.346 e. The molecule has 0 saturated carbocycles. The van der Waals surface area contributed by atoms with Gasteiger partial charge in [-0.05, 0) is 53.5 Å². The molecule has 24 heavy (non-hydrogen) atoms. The number of hydrogen-bond donors (Lipinski definition) is 1. The SMILES string of the molecule is C=Cc1ccc([C@H](C)NC(=O)/C=C/c2ccc(F)cc2)cc1C=C.[HH]. The topological polar surface area (TPSA) is 29.1 Å². The molecule has 1 amide bonds. The van der Waals surface area contributed by atoms with Crippen molar-refractivity contribution in [1.29, 1.82) is 0 Å². The van der Waals surface area contributed by atoms with Crippen molar-refractivity contribution in [3.63, 3.8) is 0 Å². The maximum atomic E-state index is 12.8. The van der Waals surface area contributed by atoms with Gasteiger partial charge in [0, 0.05) is 7.50 Å². The van der Waals surface area contributed by atoms with Crippen molar-refractivity contribution >= 4 is 24.1 Å². The van der Waals surface area contributed by atoms with E-state index in [0.717, 1.165) is 22.3 Å². The largest absolute Gasteiger partial charge is 0.346 e. The fraction of sp³-hybridized carbons (Fsp3) is 0.0952. The second kappa shape index (κ2) is 8.06. The normalized spacial score (nSPS) is 11.9. The van der Waals surface area contributed by atoms with Crippen LogP contribution in [0.5, 0.6) is 0 Å². The van der Waals surface area contributed by atoms with Crippen LogP contribution in [0.1, 0.15) is 36.6 Å². The summed E-state index contributed by atoms with van der Waals surface area (Å²) in [5, 5.41) is 2.91. The molecule has 2 aromatic rings. The Morgan fingerprint density at radius 3 is 2.42 bits per heavy atom. The van der Waals surface area contributed by atoms with E-state index in [4.69, 9.17) is 0 Å². The minimum absolute atomic E-state index is 0. The summed E-state index contributed by atoms with van der Waals surface area (Å²) in [5.74, 6) is -0.508. The van der Waals surface area contributed by atoms with Gasteiger partial charge in [0.05, 0.1) is 6.04 Å². The van der Waals surface area contributed by atoms with Gasteiger partial charge in [0.1, 0.15) is 5.82 Å². The van der Waals surface area contributed by atoms with Gasteiger partial charge < -0.3 is 5.32 Å². The lowest BCUT2D eigenvalue weighted by molar-refractivity contribution is -0.117. The molecule has 124 valence electrons. The molecule has 1 N–H and O–H groups in total. The van der Waals surface area contributed by atoms with Gasteiger partial charge >= 0.3 is 0 Å². The van der Waals surface area contributed by atoms with Crippen LogP contribution in [-0.4, -0.2) is 5.91 Å². The molecule has 2 nitrogen and oxygen atoms in total. The zero-order valence-corrected chi connectivity index (χ0v) is 13.6. The highest BCUT2D eigenvalue weighted by Crippen LogP contribution is 2.19. The van der Waals surface area contributed by atoms with Crippen molar-refractivity contribution in [3.05, 3.63) is 89.8 Å². The zero-order valence-electron chi connectivity index (χ0n) is 13.6. The molecule has 3 heteroatoms. The van der Waals surface area contributed by atoms with E-state index in [1.807, 2.05) is 25.1 Å². The van der Waals surface area contributed by atoms with E-state index in [9.17, 15) is 9.18 Å². The van der Waals surface area contributed by atoms with Gasteiger partial charge in [-0.2, -0.15) is 0 Å². The Kier molecular flexibility index (Phi) is 5.85. The molecule has 2 rings (SSSR count). The molecule has 0 aliphatic rings. The van der Waals surface area contributed by atoms with E-state index >= 15 is 0 Å². The summed E-state index contributed by atoms with van der Waals surface area (Å²) in [7, 11) is 0. The molecule has 0 spiro atoms. The van der Waals surface area contributed by atoms with Gasteiger partial charge in [0.15, 0.2) is 0 Å². The van der Waals surface area contributed by atoms with E-state index in [0.29, 0.717) is 0 Å². The quantitative estimate of drug-likeness (QED) is 0.723. The van der Waals surface area contributed by atoms with Gasteiger partial charge in [0.25, 0.3) is 0 Å². The summed E-state index contributed by atoms with van der Waals surface area (Å²) in [5.41, 5.74) is 3.73. The Bertz CT molecular complexity index is 781. The summed E-state index contributed by atoms with van der Waals surface area (Å²) in [6, 6.07) is 11.7. The van der Waals surface area contributed by atoms with Crippen LogP contribution in [-0.2, 0) is 4.79 Å². The van der Waals surface area contributed by atoms with E-state index in [2.05, 4.69) is 18.5 Å². The third kappa shape index (κ3) is 4.53. The van der Waals surface area contributed by atoms with Crippen molar-refractivity contribution in [1.82, 2.24) is 5.32 Å². The van der Waals surface area contributed by atoms with Crippen LogP contribution < -0.4 is 5.32 Å². The van der Waals surface area contributed by atoms with E-state index in [1.54, 1.807) is 30.4 Å². The highest BCUT2D eigenvalue weighted by atomic mass is 19.1. The standard InChI is InChI=1S/C21H20FNO.H2/c1-4-17-9-10-19(14-18(17)5-2)15(3)23-21(24)13-8-16-6-11-20(22)12-7-16;/h4-15H,1-2H2,3H3,(H,23,24);1H/b13-8+;/t15-;/m0./s1. The molecule has 0 aromatic heterocycles. The molecule has 0 heterocycles. The second-order valence-corrected chi connectivity index (χ2v) is 5.41. The van der Waals surface area contributed by atoms with Crippen molar-refractivity contribution in [2.24, 2.45) is 0 Å². The molecular formula is C21H22FNO. The van der Waals surface area contributed by atoms with Crippen LogP contribution in [0.25, 0.3) is 18.2 Å². The Balaban J connectivity index is 0.00000312. The van der Waals surface area contributed by atoms with Crippen LogP contribution in [0, 0.1) is 5.82 Å². The number of rotatable bonds is 6. The first-order valence-electron chi connectivity index (χ1n) is 7.66. The highest BCUT2D eigenvalue weighted by Gasteiger charge is 2.09. The molecule has 0 fully saturated rings. The number of benzene rings is 2. The Morgan fingerprint density at radius 2 is 1.79 bits per heavy atom. The number of halogens is 1. The monoisotopic (exact) mass is 323 g/mol. The Hall–Kier alpha value is -2.94. The molecule has 0 bridgehead atoms. The number of hydrogen-bond acceptors (Lipinski definition) is 1. The first-order chi connectivity index (χ1) is 11.5. The molecular weight excluding hydrogens is 301 g/mol. The summed E-state index contributed by atoms with van der Waals surface area (Å²) < 4.78 is 12.8. The Labute approximate surface area is 143 Å². The van der Waals surface area contributed by atoms with Crippen molar-refractivity contribution in [2.45, 2.75) is 13.0 Å². The molecule has 0 saturated heterocycles. The summed E-state index contributed by atoms with van der Waals surface area (Å²) >= 11 is 0. The van der Waals surface area contributed by atoms with Crippen LogP contribution in [0.15, 0.2) is 61.7 Å². The smallest absolute Gasteiger partial charge is 0.244 e. The van der Waals surface area contributed by atoms with Crippen molar-refractivity contribution in [2.75, 3.05) is 0 Å². The average Bonchev–Trinajstić information content (AvgIpc) is 2.60. The number of carbonyl (C=O) groups is 1. The van der Waals surface area contributed by atoms with Gasteiger partial charge in [-0.1, -0.05) is 49.6 Å². The third-order valence-electron chi connectivity index (χ3n) is 3.71. The second-order valence-electron chi connectivity index (χ2n) is 5.41. The number of nitrogens with one attached hydrogen (secondary N) is 1. The van der Waals surface area contributed by atoms with Crippen LogP contribution in [0.2, 0.25) is 0 Å². The van der Waals surface area contributed by atoms with Gasteiger partial charge in [-0.15, -0.1) is 0 Å². The third-order valence-corrected chi connectivity index (χ3v) is 3.71. The molecule has 0 radical (unpaired) electrons. The molecule has 2 aromatic carbocycles. The van der Waals surface area contributed by atoms with Crippen LogP contribution in [0.4, 0.5) is 4.39 Å². The van der Waals surface area contributed by atoms with E-state index in [-0.39, 0.29) is 19.2 Å².